The molecule has 0 aromatic carbocycles. The Balaban J connectivity index is 1.45. The Kier molecular flexibility index (Phi) is 4.01. The molecule has 4 heterocycles. The summed E-state index contributed by atoms with van der Waals surface area (Å²) in [5.41, 5.74) is 1.09. The van der Waals surface area contributed by atoms with Crippen molar-refractivity contribution in [2.24, 2.45) is 7.05 Å². The predicted molar refractivity (Wildman–Crippen MR) is 87.7 cm³/mol. The SMILES string of the molecule is Cc1nnc(N2CCCC3(CN(Cc4cnn(C)c4)CCO3)C2)o1. The van der Waals surface area contributed by atoms with Crippen molar-refractivity contribution >= 4 is 6.01 Å². The highest BCUT2D eigenvalue weighted by Crippen LogP contribution is 2.31. The van der Waals surface area contributed by atoms with Gasteiger partial charge in [-0.1, -0.05) is 5.10 Å². The van der Waals surface area contributed by atoms with Crippen molar-refractivity contribution in [3.63, 3.8) is 0 Å². The molecular weight excluding hydrogens is 308 g/mol. The van der Waals surface area contributed by atoms with E-state index >= 15 is 0 Å². The van der Waals surface area contributed by atoms with E-state index in [4.69, 9.17) is 9.15 Å². The van der Waals surface area contributed by atoms with Gasteiger partial charge in [0.2, 0.25) is 5.89 Å². The van der Waals surface area contributed by atoms with Crippen molar-refractivity contribution in [3.8, 4) is 0 Å². The van der Waals surface area contributed by atoms with Crippen LogP contribution in [-0.2, 0) is 18.3 Å². The minimum atomic E-state index is -0.152. The van der Waals surface area contributed by atoms with Crippen LogP contribution >= 0.6 is 0 Å². The van der Waals surface area contributed by atoms with Crippen molar-refractivity contribution in [1.82, 2.24) is 24.9 Å². The normalized spacial score (nSPS) is 25.5. The quantitative estimate of drug-likeness (QED) is 0.829. The second-order valence-corrected chi connectivity index (χ2v) is 6.89. The molecule has 2 aliphatic heterocycles. The van der Waals surface area contributed by atoms with Gasteiger partial charge in [-0.2, -0.15) is 5.10 Å². The number of morpholine rings is 1. The highest BCUT2D eigenvalue weighted by molar-refractivity contribution is 5.27. The summed E-state index contributed by atoms with van der Waals surface area (Å²) in [6.07, 6.45) is 6.16. The van der Waals surface area contributed by atoms with Crippen LogP contribution in [0.25, 0.3) is 0 Å². The van der Waals surface area contributed by atoms with Crippen molar-refractivity contribution in [2.75, 3.05) is 37.7 Å². The summed E-state index contributed by atoms with van der Waals surface area (Å²) in [7, 11) is 1.95. The predicted octanol–water partition coefficient (Wildman–Crippen LogP) is 0.983. The number of piperidine rings is 1. The summed E-state index contributed by atoms with van der Waals surface area (Å²) >= 11 is 0. The van der Waals surface area contributed by atoms with Gasteiger partial charge in [-0.05, 0) is 12.8 Å². The number of hydrogen-bond donors (Lipinski definition) is 0. The van der Waals surface area contributed by atoms with Crippen LogP contribution < -0.4 is 4.90 Å². The monoisotopic (exact) mass is 332 g/mol. The molecule has 0 amide bonds. The largest absolute Gasteiger partial charge is 0.408 e. The number of hydrogen-bond acceptors (Lipinski definition) is 7. The number of rotatable bonds is 3. The Morgan fingerprint density at radius 3 is 2.92 bits per heavy atom. The van der Waals surface area contributed by atoms with E-state index in [0.29, 0.717) is 11.9 Å². The molecule has 2 aromatic rings. The van der Waals surface area contributed by atoms with Crippen LogP contribution in [0.3, 0.4) is 0 Å². The zero-order valence-electron chi connectivity index (χ0n) is 14.3. The lowest BCUT2D eigenvalue weighted by molar-refractivity contribution is -0.116. The second kappa shape index (κ2) is 6.18. The van der Waals surface area contributed by atoms with E-state index in [1.807, 2.05) is 24.9 Å². The van der Waals surface area contributed by atoms with Crippen LogP contribution in [0, 0.1) is 6.92 Å². The van der Waals surface area contributed by atoms with E-state index in [9.17, 15) is 0 Å². The lowest BCUT2D eigenvalue weighted by Gasteiger charge is -2.47. The maximum atomic E-state index is 6.24. The molecule has 2 fully saturated rings. The van der Waals surface area contributed by atoms with Crippen LogP contribution in [0.1, 0.15) is 24.3 Å². The van der Waals surface area contributed by atoms with E-state index in [-0.39, 0.29) is 5.60 Å². The molecular formula is C16H24N6O2. The summed E-state index contributed by atoms with van der Waals surface area (Å²) in [5, 5.41) is 12.4. The molecule has 8 nitrogen and oxygen atoms in total. The first-order valence-corrected chi connectivity index (χ1v) is 8.51. The standard InChI is InChI=1S/C16H24N6O2/c1-13-18-19-15(24-13)22-5-3-4-16(12-22)11-21(6-7-23-16)10-14-8-17-20(2)9-14/h8-9H,3-7,10-12H2,1-2H3. The first-order chi connectivity index (χ1) is 11.6. The number of anilines is 1. The van der Waals surface area contributed by atoms with Gasteiger partial charge in [0.15, 0.2) is 0 Å². The molecule has 8 heteroatoms. The number of nitrogens with zero attached hydrogens (tertiary/aromatic N) is 6. The summed E-state index contributed by atoms with van der Waals surface area (Å²) in [6.45, 7) is 7.12. The number of aryl methyl sites for hydroxylation is 2. The van der Waals surface area contributed by atoms with E-state index in [0.717, 1.165) is 52.2 Å². The molecule has 1 atom stereocenters. The van der Waals surface area contributed by atoms with Gasteiger partial charge in [0.25, 0.3) is 0 Å². The summed E-state index contributed by atoms with van der Waals surface area (Å²) in [6, 6.07) is 0.611. The first kappa shape index (κ1) is 15.6. The fourth-order valence-corrected chi connectivity index (χ4v) is 3.79. The van der Waals surface area contributed by atoms with Gasteiger partial charge in [-0.3, -0.25) is 9.58 Å². The van der Waals surface area contributed by atoms with Crippen molar-refractivity contribution in [3.05, 3.63) is 23.8 Å². The lowest BCUT2D eigenvalue weighted by Crippen LogP contribution is -2.59. The topological polar surface area (TPSA) is 72.5 Å². The Hall–Kier alpha value is -1.93. The van der Waals surface area contributed by atoms with Gasteiger partial charge in [-0.15, -0.1) is 5.10 Å². The molecule has 2 aromatic heterocycles. The van der Waals surface area contributed by atoms with E-state index in [2.05, 4.69) is 31.3 Å². The number of ether oxygens (including phenoxy) is 1. The van der Waals surface area contributed by atoms with E-state index < -0.39 is 0 Å². The van der Waals surface area contributed by atoms with Gasteiger partial charge in [-0.25, -0.2) is 0 Å². The Morgan fingerprint density at radius 2 is 2.17 bits per heavy atom. The molecule has 0 radical (unpaired) electrons. The third kappa shape index (κ3) is 3.16. The molecule has 24 heavy (non-hydrogen) atoms. The molecule has 2 saturated heterocycles. The molecule has 130 valence electrons. The summed E-state index contributed by atoms with van der Waals surface area (Å²) < 4.78 is 13.7. The Morgan fingerprint density at radius 1 is 1.25 bits per heavy atom. The fourth-order valence-electron chi connectivity index (χ4n) is 3.79. The fraction of sp³-hybridized carbons (Fsp3) is 0.688. The van der Waals surface area contributed by atoms with Gasteiger partial charge >= 0.3 is 6.01 Å². The van der Waals surface area contributed by atoms with Gasteiger partial charge in [0.1, 0.15) is 0 Å². The highest BCUT2D eigenvalue weighted by atomic mass is 16.5. The van der Waals surface area contributed by atoms with E-state index in [1.54, 1.807) is 0 Å². The molecule has 2 aliphatic rings. The second-order valence-electron chi connectivity index (χ2n) is 6.89. The zero-order chi connectivity index (χ0) is 16.6. The average Bonchev–Trinajstić information content (AvgIpc) is 3.16. The maximum absolute atomic E-state index is 6.24. The zero-order valence-corrected chi connectivity index (χ0v) is 14.3. The first-order valence-electron chi connectivity index (χ1n) is 8.51. The van der Waals surface area contributed by atoms with E-state index in [1.165, 1.54) is 5.56 Å². The molecule has 0 saturated carbocycles. The van der Waals surface area contributed by atoms with Crippen molar-refractivity contribution in [1.29, 1.82) is 0 Å². The van der Waals surface area contributed by atoms with Crippen LogP contribution in [0.5, 0.6) is 0 Å². The lowest BCUT2D eigenvalue weighted by atomic mass is 9.91. The molecule has 0 aliphatic carbocycles. The third-order valence-corrected chi connectivity index (χ3v) is 4.82. The van der Waals surface area contributed by atoms with Gasteiger partial charge in [0.05, 0.1) is 24.9 Å². The van der Waals surface area contributed by atoms with Crippen LogP contribution in [-0.4, -0.2) is 63.3 Å². The highest BCUT2D eigenvalue weighted by Gasteiger charge is 2.41. The molecule has 1 spiro atoms. The molecule has 4 rings (SSSR count). The maximum Gasteiger partial charge on any atom is 0.318 e. The number of aromatic nitrogens is 4. The molecule has 0 N–H and O–H groups in total. The van der Waals surface area contributed by atoms with Gasteiger partial charge in [0, 0.05) is 51.9 Å². The summed E-state index contributed by atoms with van der Waals surface area (Å²) in [5.74, 6) is 0.604. The van der Waals surface area contributed by atoms with Crippen molar-refractivity contribution in [2.45, 2.75) is 31.9 Å². The van der Waals surface area contributed by atoms with Crippen molar-refractivity contribution < 1.29 is 9.15 Å². The van der Waals surface area contributed by atoms with Gasteiger partial charge < -0.3 is 14.1 Å². The third-order valence-electron chi connectivity index (χ3n) is 4.82. The Labute approximate surface area is 141 Å². The minimum Gasteiger partial charge on any atom is -0.408 e. The summed E-state index contributed by atoms with van der Waals surface area (Å²) in [4.78, 5) is 4.63. The average molecular weight is 332 g/mol. The van der Waals surface area contributed by atoms with Crippen LogP contribution in [0.2, 0.25) is 0 Å². The molecule has 1 unspecified atom stereocenters. The molecule has 0 bridgehead atoms. The minimum absolute atomic E-state index is 0.152. The smallest absolute Gasteiger partial charge is 0.318 e. The van der Waals surface area contributed by atoms with Crippen LogP contribution in [0.15, 0.2) is 16.8 Å². The Bertz CT molecular complexity index is 694. The van der Waals surface area contributed by atoms with Crippen LogP contribution in [0.4, 0.5) is 6.01 Å².